The van der Waals surface area contributed by atoms with Gasteiger partial charge in [0.2, 0.25) is 0 Å². The highest BCUT2D eigenvalue weighted by Gasteiger charge is 1.99. The van der Waals surface area contributed by atoms with E-state index in [1.807, 2.05) is 24.3 Å². The van der Waals surface area contributed by atoms with E-state index in [0.29, 0.717) is 0 Å². The molecular formula is C12H9Br2N. The summed E-state index contributed by atoms with van der Waals surface area (Å²) in [5, 5.41) is 2.36. The largest absolute Gasteiger partial charge is 0.398 e. The van der Waals surface area contributed by atoms with E-state index < -0.39 is 0 Å². The lowest BCUT2D eigenvalue weighted by atomic mass is 10.1. The second kappa shape index (κ2) is 4.37. The number of halogens is 2. The highest BCUT2D eigenvalue weighted by molar-refractivity contribution is 9.28. The van der Waals surface area contributed by atoms with Crippen LogP contribution < -0.4 is 5.73 Å². The van der Waals surface area contributed by atoms with E-state index in [9.17, 15) is 0 Å². The number of hydrogen-bond acceptors (Lipinski definition) is 1. The third-order valence-electron chi connectivity index (χ3n) is 2.22. The van der Waals surface area contributed by atoms with E-state index in [1.165, 1.54) is 5.39 Å². The molecule has 0 bridgehead atoms. The number of nitrogen functional groups attached to an aromatic ring is 1. The van der Waals surface area contributed by atoms with Crippen LogP contribution >= 0.6 is 31.9 Å². The van der Waals surface area contributed by atoms with Crippen LogP contribution in [0, 0.1) is 0 Å². The number of benzene rings is 2. The molecule has 0 saturated heterocycles. The van der Waals surface area contributed by atoms with Crippen molar-refractivity contribution in [1.29, 1.82) is 0 Å². The smallest absolute Gasteiger partial charge is 0.0610 e. The minimum atomic E-state index is 0.783. The van der Waals surface area contributed by atoms with Gasteiger partial charge in [0.15, 0.2) is 0 Å². The summed E-state index contributed by atoms with van der Waals surface area (Å²) in [6, 6.07) is 12.2. The van der Waals surface area contributed by atoms with Gasteiger partial charge in [0.1, 0.15) is 0 Å². The summed E-state index contributed by atoms with van der Waals surface area (Å²) < 4.78 is 0.886. The molecule has 0 fully saturated rings. The van der Waals surface area contributed by atoms with Gasteiger partial charge in [-0.3, -0.25) is 0 Å². The van der Waals surface area contributed by atoms with E-state index in [2.05, 4.69) is 50.1 Å². The lowest BCUT2D eigenvalue weighted by Crippen LogP contribution is -1.89. The quantitative estimate of drug-likeness (QED) is 0.766. The highest BCUT2D eigenvalue weighted by Crippen LogP contribution is 2.26. The topological polar surface area (TPSA) is 26.0 Å². The standard InChI is InChI=1S/C12H9Br2N/c13-12(14)7-10-5-8-3-1-2-4-9(8)6-11(10)15/h1-7H,15H2. The second-order valence-corrected chi connectivity index (χ2v) is 6.04. The van der Waals surface area contributed by atoms with Gasteiger partial charge in [-0.25, -0.2) is 0 Å². The van der Waals surface area contributed by atoms with Crippen LogP contribution in [0.5, 0.6) is 0 Å². The molecule has 2 N–H and O–H groups in total. The maximum atomic E-state index is 5.95. The summed E-state index contributed by atoms with van der Waals surface area (Å²) >= 11 is 6.66. The molecule has 0 aromatic heterocycles. The first-order valence-electron chi connectivity index (χ1n) is 4.48. The van der Waals surface area contributed by atoms with E-state index in [1.54, 1.807) is 0 Å². The molecule has 0 spiro atoms. The summed E-state index contributed by atoms with van der Waals surface area (Å²) in [5.74, 6) is 0. The van der Waals surface area contributed by atoms with Gasteiger partial charge in [0.05, 0.1) is 3.39 Å². The van der Waals surface area contributed by atoms with Crippen molar-refractivity contribution in [1.82, 2.24) is 0 Å². The Morgan fingerprint density at radius 2 is 1.67 bits per heavy atom. The molecule has 0 atom stereocenters. The summed E-state index contributed by atoms with van der Waals surface area (Å²) in [4.78, 5) is 0. The first-order valence-corrected chi connectivity index (χ1v) is 6.06. The molecule has 1 nitrogen and oxygen atoms in total. The molecule has 0 amide bonds. The molecule has 0 unspecified atom stereocenters. The SMILES string of the molecule is Nc1cc2ccccc2cc1C=C(Br)Br. The first kappa shape index (κ1) is 10.7. The fourth-order valence-electron chi connectivity index (χ4n) is 1.52. The predicted octanol–water partition coefficient (Wildman–Crippen LogP) is 4.51. The Balaban J connectivity index is 2.67. The molecule has 15 heavy (non-hydrogen) atoms. The zero-order valence-electron chi connectivity index (χ0n) is 7.87. The van der Waals surface area contributed by atoms with Crippen molar-refractivity contribution in [3.8, 4) is 0 Å². The van der Waals surface area contributed by atoms with Crippen LogP contribution in [0.15, 0.2) is 39.8 Å². The van der Waals surface area contributed by atoms with E-state index in [-0.39, 0.29) is 0 Å². The van der Waals surface area contributed by atoms with Crippen molar-refractivity contribution in [3.63, 3.8) is 0 Å². The molecule has 0 aliphatic rings. The van der Waals surface area contributed by atoms with Gasteiger partial charge in [0.25, 0.3) is 0 Å². The van der Waals surface area contributed by atoms with E-state index in [4.69, 9.17) is 5.73 Å². The van der Waals surface area contributed by atoms with Crippen LogP contribution in [0.4, 0.5) is 5.69 Å². The average molecular weight is 327 g/mol. The van der Waals surface area contributed by atoms with Crippen molar-refractivity contribution in [2.45, 2.75) is 0 Å². The van der Waals surface area contributed by atoms with Gasteiger partial charge >= 0.3 is 0 Å². The first-order chi connectivity index (χ1) is 7.16. The Labute approximate surface area is 105 Å². The van der Waals surface area contributed by atoms with Gasteiger partial charge in [-0.2, -0.15) is 0 Å². The molecule has 0 aliphatic carbocycles. The fraction of sp³-hybridized carbons (Fsp3) is 0. The number of rotatable bonds is 1. The normalized spacial score (nSPS) is 10.3. The Bertz CT molecular complexity index is 528. The average Bonchev–Trinajstić information content (AvgIpc) is 2.18. The van der Waals surface area contributed by atoms with Crippen LogP contribution in [0.3, 0.4) is 0 Å². The molecule has 76 valence electrons. The monoisotopic (exact) mass is 325 g/mol. The zero-order valence-corrected chi connectivity index (χ0v) is 11.0. The molecule has 3 heteroatoms. The molecule has 0 saturated carbocycles. The Morgan fingerprint density at radius 1 is 1.07 bits per heavy atom. The Morgan fingerprint density at radius 3 is 2.27 bits per heavy atom. The van der Waals surface area contributed by atoms with Gasteiger partial charge in [-0.1, -0.05) is 24.3 Å². The zero-order chi connectivity index (χ0) is 10.8. The van der Waals surface area contributed by atoms with Crippen LogP contribution in [-0.2, 0) is 0 Å². The fourth-order valence-corrected chi connectivity index (χ4v) is 2.01. The number of fused-ring (bicyclic) bond motifs is 1. The van der Waals surface area contributed by atoms with Crippen molar-refractivity contribution in [3.05, 3.63) is 45.4 Å². The van der Waals surface area contributed by atoms with Crippen molar-refractivity contribution >= 4 is 54.4 Å². The molecule has 0 radical (unpaired) electrons. The minimum Gasteiger partial charge on any atom is -0.398 e. The molecule has 2 rings (SSSR count). The summed E-state index contributed by atoms with van der Waals surface area (Å²) in [6.45, 7) is 0. The van der Waals surface area contributed by atoms with Gasteiger partial charge < -0.3 is 5.73 Å². The highest BCUT2D eigenvalue weighted by atomic mass is 79.9. The van der Waals surface area contributed by atoms with Crippen molar-refractivity contribution in [2.24, 2.45) is 0 Å². The summed E-state index contributed by atoms with van der Waals surface area (Å²) in [7, 11) is 0. The Hall–Kier alpha value is -0.800. The summed E-state index contributed by atoms with van der Waals surface area (Å²) in [6.07, 6.45) is 1.95. The van der Waals surface area contributed by atoms with E-state index in [0.717, 1.165) is 20.0 Å². The van der Waals surface area contributed by atoms with Crippen molar-refractivity contribution in [2.75, 3.05) is 5.73 Å². The Kier molecular flexibility index (Phi) is 3.12. The molecular weight excluding hydrogens is 318 g/mol. The number of hydrogen-bond donors (Lipinski definition) is 1. The van der Waals surface area contributed by atoms with Crippen LogP contribution in [0.1, 0.15) is 5.56 Å². The third-order valence-corrected chi connectivity index (χ3v) is 2.67. The van der Waals surface area contributed by atoms with Gasteiger partial charge in [-0.05, 0) is 66.4 Å². The third kappa shape index (κ3) is 2.41. The molecule has 0 aliphatic heterocycles. The van der Waals surface area contributed by atoms with Gasteiger partial charge in [-0.15, -0.1) is 0 Å². The molecule has 0 heterocycles. The predicted molar refractivity (Wildman–Crippen MR) is 74.2 cm³/mol. The molecule has 2 aromatic rings. The molecule has 2 aromatic carbocycles. The maximum Gasteiger partial charge on any atom is 0.0610 e. The van der Waals surface area contributed by atoms with Crippen LogP contribution in [0.2, 0.25) is 0 Å². The maximum absolute atomic E-state index is 5.95. The van der Waals surface area contributed by atoms with Crippen LogP contribution in [-0.4, -0.2) is 0 Å². The van der Waals surface area contributed by atoms with E-state index >= 15 is 0 Å². The number of nitrogens with two attached hydrogens (primary N) is 1. The van der Waals surface area contributed by atoms with Crippen LogP contribution in [0.25, 0.3) is 16.8 Å². The lowest BCUT2D eigenvalue weighted by molar-refractivity contribution is 1.68. The van der Waals surface area contributed by atoms with Gasteiger partial charge in [0, 0.05) is 5.69 Å². The lowest BCUT2D eigenvalue weighted by Gasteiger charge is -2.04. The minimum absolute atomic E-state index is 0.783. The summed E-state index contributed by atoms with van der Waals surface area (Å²) in [5.41, 5.74) is 7.74. The van der Waals surface area contributed by atoms with Crippen molar-refractivity contribution < 1.29 is 0 Å². The number of anilines is 1. The second-order valence-electron chi connectivity index (χ2n) is 3.26.